The number of nitrogens with one attached hydrogen (secondary N) is 1. The summed E-state index contributed by atoms with van der Waals surface area (Å²) in [6, 6.07) is 6.17. The molecule has 0 saturated carbocycles. The van der Waals surface area contributed by atoms with E-state index in [1.165, 1.54) is 38.0 Å². The van der Waals surface area contributed by atoms with E-state index in [0.717, 1.165) is 12.3 Å². The second-order valence-electron chi connectivity index (χ2n) is 4.07. The quantitative estimate of drug-likeness (QED) is 0.907. The molecule has 0 aromatic carbocycles. The number of aryl methyl sites for hydroxylation is 1. The van der Waals surface area contributed by atoms with E-state index in [2.05, 4.69) is 22.4 Å². The fourth-order valence-electron chi connectivity index (χ4n) is 2.07. The van der Waals surface area contributed by atoms with Crippen molar-refractivity contribution in [1.82, 2.24) is 10.3 Å². The third kappa shape index (κ3) is 5.15. The molecule has 1 saturated heterocycles. The van der Waals surface area contributed by atoms with Crippen molar-refractivity contribution in [2.75, 3.05) is 13.1 Å². The van der Waals surface area contributed by atoms with Crippen LogP contribution in [0.15, 0.2) is 24.4 Å². The molecular weight excluding hydrogens is 243 g/mol. The number of piperidine rings is 1. The zero-order chi connectivity index (χ0) is 9.64. The Labute approximate surface area is 110 Å². The fraction of sp³-hybridized carbons (Fsp3) is 0.583. The standard InChI is InChI=1S/C12H18N2.2ClH/c1-2-9-14-12(5-1)7-6-11-4-3-8-13-10-11;;/h1-2,5,9,11,13H,3-4,6-8,10H2;2*1H. The van der Waals surface area contributed by atoms with Gasteiger partial charge in [-0.05, 0) is 56.8 Å². The van der Waals surface area contributed by atoms with Gasteiger partial charge >= 0.3 is 0 Å². The largest absolute Gasteiger partial charge is 0.316 e. The van der Waals surface area contributed by atoms with Crippen LogP contribution >= 0.6 is 24.8 Å². The molecule has 4 heteroatoms. The number of hydrogen-bond donors (Lipinski definition) is 1. The van der Waals surface area contributed by atoms with Crippen LogP contribution in [0, 0.1) is 5.92 Å². The van der Waals surface area contributed by atoms with Crippen molar-refractivity contribution < 1.29 is 0 Å². The lowest BCUT2D eigenvalue weighted by atomic mass is 9.94. The Morgan fingerprint density at radius 2 is 2.19 bits per heavy atom. The third-order valence-corrected chi connectivity index (χ3v) is 2.93. The van der Waals surface area contributed by atoms with Crippen LogP contribution in [-0.2, 0) is 6.42 Å². The van der Waals surface area contributed by atoms with Gasteiger partial charge < -0.3 is 5.32 Å². The summed E-state index contributed by atoms with van der Waals surface area (Å²) in [4.78, 5) is 4.34. The van der Waals surface area contributed by atoms with Gasteiger partial charge in [0.25, 0.3) is 0 Å². The molecule has 0 amide bonds. The number of aromatic nitrogens is 1. The van der Waals surface area contributed by atoms with E-state index in [4.69, 9.17) is 0 Å². The van der Waals surface area contributed by atoms with Crippen LogP contribution in [-0.4, -0.2) is 18.1 Å². The zero-order valence-corrected chi connectivity index (χ0v) is 11.0. The highest BCUT2D eigenvalue weighted by Crippen LogP contribution is 2.15. The van der Waals surface area contributed by atoms with Gasteiger partial charge in [0, 0.05) is 11.9 Å². The van der Waals surface area contributed by atoms with E-state index in [0.29, 0.717) is 0 Å². The first-order chi connectivity index (χ1) is 6.95. The summed E-state index contributed by atoms with van der Waals surface area (Å²) in [5, 5.41) is 3.45. The highest BCUT2D eigenvalue weighted by molar-refractivity contribution is 5.85. The lowest BCUT2D eigenvalue weighted by Crippen LogP contribution is -2.29. The van der Waals surface area contributed by atoms with Crippen molar-refractivity contribution in [3.63, 3.8) is 0 Å². The van der Waals surface area contributed by atoms with Crippen LogP contribution in [0.25, 0.3) is 0 Å². The first-order valence-electron chi connectivity index (χ1n) is 5.56. The van der Waals surface area contributed by atoms with E-state index < -0.39 is 0 Å². The summed E-state index contributed by atoms with van der Waals surface area (Å²) in [5.74, 6) is 0.866. The predicted octanol–water partition coefficient (Wildman–Crippen LogP) is 2.86. The molecule has 1 atom stereocenters. The van der Waals surface area contributed by atoms with Crippen molar-refractivity contribution in [3.8, 4) is 0 Å². The fourth-order valence-corrected chi connectivity index (χ4v) is 2.07. The number of rotatable bonds is 3. The zero-order valence-electron chi connectivity index (χ0n) is 9.39. The van der Waals surface area contributed by atoms with Gasteiger partial charge in [0.1, 0.15) is 0 Å². The summed E-state index contributed by atoms with van der Waals surface area (Å²) in [6.07, 6.45) is 7.03. The number of pyridine rings is 1. The molecular formula is C12H20Cl2N2. The van der Waals surface area contributed by atoms with Crippen LogP contribution in [0.5, 0.6) is 0 Å². The van der Waals surface area contributed by atoms with Crippen molar-refractivity contribution in [2.45, 2.75) is 25.7 Å². The maximum atomic E-state index is 4.34. The highest BCUT2D eigenvalue weighted by Gasteiger charge is 2.12. The molecule has 92 valence electrons. The Bertz CT molecular complexity index is 261. The Kier molecular flexibility index (Phi) is 8.63. The summed E-state index contributed by atoms with van der Waals surface area (Å²) in [5.41, 5.74) is 1.23. The second-order valence-corrected chi connectivity index (χ2v) is 4.07. The minimum atomic E-state index is 0. The monoisotopic (exact) mass is 262 g/mol. The number of hydrogen-bond acceptors (Lipinski definition) is 2. The molecule has 1 aromatic heterocycles. The minimum absolute atomic E-state index is 0. The lowest BCUT2D eigenvalue weighted by Gasteiger charge is -2.22. The van der Waals surface area contributed by atoms with E-state index in [-0.39, 0.29) is 24.8 Å². The molecule has 2 heterocycles. The molecule has 2 rings (SSSR count). The van der Waals surface area contributed by atoms with Crippen molar-refractivity contribution in [3.05, 3.63) is 30.1 Å². The molecule has 2 nitrogen and oxygen atoms in total. The Morgan fingerprint density at radius 1 is 1.31 bits per heavy atom. The van der Waals surface area contributed by atoms with E-state index in [1.54, 1.807) is 0 Å². The van der Waals surface area contributed by atoms with E-state index in [9.17, 15) is 0 Å². The summed E-state index contributed by atoms with van der Waals surface area (Å²) in [6.45, 7) is 2.41. The van der Waals surface area contributed by atoms with Gasteiger partial charge in [0.15, 0.2) is 0 Å². The molecule has 1 aliphatic rings. The third-order valence-electron chi connectivity index (χ3n) is 2.93. The van der Waals surface area contributed by atoms with Crippen molar-refractivity contribution in [1.29, 1.82) is 0 Å². The van der Waals surface area contributed by atoms with Crippen molar-refractivity contribution >= 4 is 24.8 Å². The molecule has 0 radical (unpaired) electrons. The van der Waals surface area contributed by atoms with Crippen LogP contribution in [0.3, 0.4) is 0 Å². The van der Waals surface area contributed by atoms with Crippen LogP contribution in [0.1, 0.15) is 25.0 Å². The summed E-state index contributed by atoms with van der Waals surface area (Å²) >= 11 is 0. The van der Waals surface area contributed by atoms with Crippen molar-refractivity contribution in [2.24, 2.45) is 5.92 Å². The van der Waals surface area contributed by atoms with Crippen LogP contribution in [0.4, 0.5) is 0 Å². The van der Waals surface area contributed by atoms with Gasteiger partial charge in [-0.2, -0.15) is 0 Å². The molecule has 0 spiro atoms. The van der Waals surface area contributed by atoms with Gasteiger partial charge in [-0.15, -0.1) is 24.8 Å². The molecule has 1 unspecified atom stereocenters. The van der Waals surface area contributed by atoms with E-state index in [1.807, 2.05) is 12.3 Å². The summed E-state index contributed by atoms with van der Waals surface area (Å²) < 4.78 is 0. The maximum absolute atomic E-state index is 4.34. The molecule has 1 aromatic rings. The Hall–Kier alpha value is -0.310. The van der Waals surface area contributed by atoms with E-state index >= 15 is 0 Å². The molecule has 1 fully saturated rings. The molecule has 0 bridgehead atoms. The van der Waals surface area contributed by atoms with Gasteiger partial charge in [0.05, 0.1) is 0 Å². The maximum Gasteiger partial charge on any atom is 0.0403 e. The summed E-state index contributed by atoms with van der Waals surface area (Å²) in [7, 11) is 0. The molecule has 0 aliphatic carbocycles. The second kappa shape index (κ2) is 8.80. The Morgan fingerprint density at radius 3 is 2.81 bits per heavy atom. The van der Waals surface area contributed by atoms with Crippen LogP contribution in [0.2, 0.25) is 0 Å². The minimum Gasteiger partial charge on any atom is -0.316 e. The molecule has 1 N–H and O–H groups in total. The first kappa shape index (κ1) is 15.7. The average molecular weight is 263 g/mol. The molecule has 1 aliphatic heterocycles. The predicted molar refractivity (Wildman–Crippen MR) is 72.6 cm³/mol. The van der Waals surface area contributed by atoms with Gasteiger partial charge in [-0.1, -0.05) is 6.07 Å². The van der Waals surface area contributed by atoms with Gasteiger partial charge in [0.2, 0.25) is 0 Å². The highest BCUT2D eigenvalue weighted by atomic mass is 35.5. The van der Waals surface area contributed by atoms with Gasteiger partial charge in [-0.3, -0.25) is 4.98 Å². The number of halogens is 2. The SMILES string of the molecule is Cl.Cl.c1ccc(CCC2CCCNC2)nc1. The smallest absolute Gasteiger partial charge is 0.0403 e. The topological polar surface area (TPSA) is 24.9 Å². The number of nitrogens with zero attached hydrogens (tertiary/aromatic N) is 1. The van der Waals surface area contributed by atoms with Gasteiger partial charge in [-0.25, -0.2) is 0 Å². The lowest BCUT2D eigenvalue weighted by molar-refractivity contribution is 0.357. The first-order valence-corrected chi connectivity index (χ1v) is 5.56. The van der Waals surface area contributed by atoms with Crippen LogP contribution < -0.4 is 5.32 Å². The Balaban J connectivity index is 0.00000112. The average Bonchev–Trinajstić information content (AvgIpc) is 2.29. The molecule has 16 heavy (non-hydrogen) atoms. The normalized spacial score (nSPS) is 19.4.